The molecule has 1 aliphatic rings. The van der Waals surface area contributed by atoms with E-state index in [0.29, 0.717) is 6.42 Å². The van der Waals surface area contributed by atoms with Crippen molar-refractivity contribution in [1.82, 2.24) is 14.3 Å². The molecule has 2 aromatic rings. The van der Waals surface area contributed by atoms with Crippen molar-refractivity contribution in [3.63, 3.8) is 0 Å². The van der Waals surface area contributed by atoms with E-state index in [1.165, 1.54) is 0 Å². The molecular formula is C14H17N3O. The molecule has 0 aliphatic carbocycles. The third-order valence-electron chi connectivity index (χ3n) is 3.52. The molecule has 0 aromatic carbocycles. The molecule has 0 atom stereocenters. The van der Waals surface area contributed by atoms with E-state index < -0.39 is 0 Å². The average Bonchev–Trinajstić information content (AvgIpc) is 2.97. The van der Waals surface area contributed by atoms with Crippen molar-refractivity contribution < 1.29 is 4.79 Å². The predicted molar refractivity (Wildman–Crippen MR) is 69.4 cm³/mol. The van der Waals surface area contributed by atoms with Gasteiger partial charge in [0.05, 0.1) is 12.1 Å². The minimum absolute atomic E-state index is 0.202. The van der Waals surface area contributed by atoms with Crippen LogP contribution < -0.4 is 0 Å². The fourth-order valence-corrected chi connectivity index (χ4v) is 2.52. The van der Waals surface area contributed by atoms with Crippen LogP contribution in [0.25, 0.3) is 5.65 Å². The fourth-order valence-electron chi connectivity index (χ4n) is 2.52. The predicted octanol–water partition coefficient (Wildman–Crippen LogP) is 1.81. The number of hydrogen-bond acceptors (Lipinski definition) is 2. The van der Waals surface area contributed by atoms with Crippen LogP contribution in [0.1, 0.15) is 24.1 Å². The number of carbonyl (C=O) groups excluding carboxylic acids is 1. The number of imidazole rings is 1. The van der Waals surface area contributed by atoms with Crippen LogP contribution in [0.3, 0.4) is 0 Å². The van der Waals surface area contributed by atoms with E-state index in [1.807, 2.05) is 40.8 Å². The molecule has 1 amide bonds. The Morgan fingerprint density at radius 1 is 1.39 bits per heavy atom. The van der Waals surface area contributed by atoms with Gasteiger partial charge >= 0.3 is 0 Å². The Morgan fingerprint density at radius 3 is 2.89 bits per heavy atom. The number of carbonyl (C=O) groups is 1. The van der Waals surface area contributed by atoms with Gasteiger partial charge in [-0.05, 0) is 31.4 Å². The van der Waals surface area contributed by atoms with Gasteiger partial charge in [-0.3, -0.25) is 4.79 Å². The van der Waals surface area contributed by atoms with Gasteiger partial charge in [0.1, 0.15) is 5.65 Å². The SMILES string of the molecule is Cc1cccn2cc(CC(=O)N3CCCC3)nc12. The summed E-state index contributed by atoms with van der Waals surface area (Å²) in [4.78, 5) is 18.5. The highest BCUT2D eigenvalue weighted by Gasteiger charge is 2.19. The number of hydrogen-bond donors (Lipinski definition) is 0. The lowest BCUT2D eigenvalue weighted by Gasteiger charge is -2.13. The quantitative estimate of drug-likeness (QED) is 0.806. The van der Waals surface area contributed by atoms with Gasteiger partial charge in [-0.15, -0.1) is 0 Å². The second-order valence-electron chi connectivity index (χ2n) is 4.92. The maximum absolute atomic E-state index is 12.1. The fraction of sp³-hybridized carbons (Fsp3) is 0.429. The minimum atomic E-state index is 0.202. The number of amides is 1. The highest BCUT2D eigenvalue weighted by molar-refractivity contribution is 5.78. The van der Waals surface area contributed by atoms with Gasteiger partial charge in [-0.25, -0.2) is 4.98 Å². The summed E-state index contributed by atoms with van der Waals surface area (Å²) in [5.74, 6) is 0.202. The van der Waals surface area contributed by atoms with Crippen molar-refractivity contribution in [2.75, 3.05) is 13.1 Å². The molecule has 2 aromatic heterocycles. The van der Waals surface area contributed by atoms with Crippen LogP contribution in [-0.2, 0) is 11.2 Å². The van der Waals surface area contributed by atoms with Crippen LogP contribution in [0.2, 0.25) is 0 Å². The molecule has 0 spiro atoms. The van der Waals surface area contributed by atoms with E-state index in [4.69, 9.17) is 0 Å². The molecule has 4 heteroatoms. The molecule has 0 saturated carbocycles. The second kappa shape index (κ2) is 4.44. The largest absolute Gasteiger partial charge is 0.342 e. The molecule has 18 heavy (non-hydrogen) atoms. The van der Waals surface area contributed by atoms with Crippen molar-refractivity contribution in [3.8, 4) is 0 Å². The molecule has 1 saturated heterocycles. The number of aromatic nitrogens is 2. The number of fused-ring (bicyclic) bond motifs is 1. The molecule has 0 bridgehead atoms. The molecule has 3 rings (SSSR count). The number of rotatable bonds is 2. The number of nitrogens with zero attached hydrogens (tertiary/aromatic N) is 3. The lowest BCUT2D eigenvalue weighted by Crippen LogP contribution is -2.29. The maximum atomic E-state index is 12.1. The first-order valence-electron chi connectivity index (χ1n) is 6.45. The van der Waals surface area contributed by atoms with Crippen LogP contribution in [0.15, 0.2) is 24.5 Å². The lowest BCUT2D eigenvalue weighted by atomic mass is 10.3. The molecular weight excluding hydrogens is 226 g/mol. The van der Waals surface area contributed by atoms with E-state index in [2.05, 4.69) is 4.98 Å². The van der Waals surface area contributed by atoms with Crippen molar-refractivity contribution in [1.29, 1.82) is 0 Å². The van der Waals surface area contributed by atoms with Gasteiger partial charge in [0, 0.05) is 25.5 Å². The molecule has 4 nitrogen and oxygen atoms in total. The summed E-state index contributed by atoms with van der Waals surface area (Å²) < 4.78 is 1.99. The lowest BCUT2D eigenvalue weighted by molar-refractivity contribution is -0.129. The van der Waals surface area contributed by atoms with Gasteiger partial charge in [-0.1, -0.05) is 6.07 Å². The molecule has 94 valence electrons. The summed E-state index contributed by atoms with van der Waals surface area (Å²) in [6.45, 7) is 3.85. The van der Waals surface area contributed by atoms with Gasteiger partial charge in [0.2, 0.25) is 5.91 Å². The Balaban J connectivity index is 1.82. The zero-order valence-electron chi connectivity index (χ0n) is 10.6. The van der Waals surface area contributed by atoms with Crippen molar-refractivity contribution in [3.05, 3.63) is 35.8 Å². The Hall–Kier alpha value is -1.84. The molecule has 3 heterocycles. The number of pyridine rings is 1. The molecule has 1 aliphatic heterocycles. The summed E-state index contributed by atoms with van der Waals surface area (Å²) in [6, 6.07) is 4.03. The highest BCUT2D eigenvalue weighted by Crippen LogP contribution is 2.13. The smallest absolute Gasteiger partial charge is 0.228 e. The Bertz CT molecular complexity index is 582. The van der Waals surface area contributed by atoms with Crippen LogP contribution in [0.4, 0.5) is 0 Å². The van der Waals surface area contributed by atoms with Crippen LogP contribution in [-0.4, -0.2) is 33.3 Å². The summed E-state index contributed by atoms with van der Waals surface area (Å²) in [6.07, 6.45) is 6.61. The van der Waals surface area contributed by atoms with Crippen molar-refractivity contribution >= 4 is 11.6 Å². The highest BCUT2D eigenvalue weighted by atomic mass is 16.2. The van der Waals surface area contributed by atoms with Crippen molar-refractivity contribution in [2.45, 2.75) is 26.2 Å². The van der Waals surface area contributed by atoms with E-state index in [0.717, 1.165) is 42.8 Å². The van der Waals surface area contributed by atoms with E-state index >= 15 is 0 Å². The van der Waals surface area contributed by atoms with Gasteiger partial charge in [-0.2, -0.15) is 0 Å². The standard InChI is InChI=1S/C14H17N3O/c1-11-5-4-8-17-10-12(15-14(11)17)9-13(18)16-6-2-3-7-16/h4-5,8,10H,2-3,6-7,9H2,1H3. The van der Waals surface area contributed by atoms with Crippen molar-refractivity contribution in [2.24, 2.45) is 0 Å². The normalized spacial score (nSPS) is 15.5. The van der Waals surface area contributed by atoms with Crippen LogP contribution in [0, 0.1) is 6.92 Å². The second-order valence-corrected chi connectivity index (χ2v) is 4.92. The third-order valence-corrected chi connectivity index (χ3v) is 3.52. The first kappa shape index (κ1) is 11.3. The molecule has 0 radical (unpaired) electrons. The van der Waals surface area contributed by atoms with E-state index in [1.54, 1.807) is 0 Å². The molecule has 1 fully saturated rings. The topological polar surface area (TPSA) is 37.6 Å². The summed E-state index contributed by atoms with van der Waals surface area (Å²) in [5.41, 5.74) is 2.94. The summed E-state index contributed by atoms with van der Waals surface area (Å²) >= 11 is 0. The van der Waals surface area contributed by atoms with Gasteiger partial charge < -0.3 is 9.30 Å². The van der Waals surface area contributed by atoms with Gasteiger partial charge in [0.25, 0.3) is 0 Å². The average molecular weight is 243 g/mol. The Labute approximate surface area is 106 Å². The third kappa shape index (κ3) is 1.98. The van der Waals surface area contributed by atoms with Gasteiger partial charge in [0.15, 0.2) is 0 Å². The number of likely N-dealkylation sites (tertiary alicyclic amines) is 1. The first-order chi connectivity index (χ1) is 8.74. The maximum Gasteiger partial charge on any atom is 0.228 e. The monoisotopic (exact) mass is 243 g/mol. The van der Waals surface area contributed by atoms with E-state index in [-0.39, 0.29) is 5.91 Å². The Morgan fingerprint density at radius 2 is 2.17 bits per heavy atom. The Kier molecular flexibility index (Phi) is 2.78. The summed E-state index contributed by atoms with van der Waals surface area (Å²) in [5, 5.41) is 0. The molecule has 0 unspecified atom stereocenters. The van der Waals surface area contributed by atoms with E-state index in [9.17, 15) is 4.79 Å². The van der Waals surface area contributed by atoms with Crippen LogP contribution >= 0.6 is 0 Å². The van der Waals surface area contributed by atoms with Crippen LogP contribution in [0.5, 0.6) is 0 Å². The summed E-state index contributed by atoms with van der Waals surface area (Å²) in [7, 11) is 0. The minimum Gasteiger partial charge on any atom is -0.342 e. The first-order valence-corrected chi connectivity index (χ1v) is 6.45. The molecule has 0 N–H and O–H groups in total. The zero-order chi connectivity index (χ0) is 12.5. The zero-order valence-corrected chi connectivity index (χ0v) is 10.6. The number of aryl methyl sites for hydroxylation is 1.